The molecule has 0 unspecified atom stereocenters. The van der Waals surface area contributed by atoms with Gasteiger partial charge in [0.2, 0.25) is 0 Å². The molecule has 6 heteroatoms. The van der Waals surface area contributed by atoms with Crippen molar-refractivity contribution in [3.05, 3.63) is 59.2 Å². The zero-order valence-electron chi connectivity index (χ0n) is 12.7. The first-order valence-electron chi connectivity index (χ1n) is 6.82. The van der Waals surface area contributed by atoms with Crippen LogP contribution in [-0.2, 0) is 12.7 Å². The summed E-state index contributed by atoms with van der Waals surface area (Å²) in [6, 6.07) is 11.5. The van der Waals surface area contributed by atoms with Gasteiger partial charge in [0, 0.05) is 12.1 Å². The largest absolute Gasteiger partial charge is 0.457 e. The minimum atomic E-state index is -4.38. The summed E-state index contributed by atoms with van der Waals surface area (Å²) >= 11 is 0. The van der Waals surface area contributed by atoms with Crippen LogP contribution in [0.2, 0.25) is 0 Å². The van der Waals surface area contributed by atoms with E-state index >= 15 is 0 Å². The number of alkyl halides is 3. The molecular formula is C17H15F3N2O. The molecule has 2 aromatic rings. The average molecular weight is 320 g/mol. The molecule has 120 valence electrons. The van der Waals surface area contributed by atoms with Crippen molar-refractivity contribution in [2.45, 2.75) is 12.7 Å². The summed E-state index contributed by atoms with van der Waals surface area (Å²) in [7, 11) is 3.78. The van der Waals surface area contributed by atoms with Crippen molar-refractivity contribution in [2.75, 3.05) is 14.1 Å². The van der Waals surface area contributed by atoms with Gasteiger partial charge in [0.15, 0.2) is 0 Å². The molecule has 0 bridgehead atoms. The molecule has 0 aliphatic rings. The maximum atomic E-state index is 12.6. The molecule has 0 atom stereocenters. The van der Waals surface area contributed by atoms with Crippen LogP contribution in [0.15, 0.2) is 42.5 Å². The molecule has 2 aromatic carbocycles. The van der Waals surface area contributed by atoms with Gasteiger partial charge in [-0.2, -0.15) is 18.4 Å². The Kier molecular flexibility index (Phi) is 4.92. The second kappa shape index (κ2) is 6.71. The van der Waals surface area contributed by atoms with Crippen LogP contribution < -0.4 is 4.74 Å². The second-order valence-corrected chi connectivity index (χ2v) is 5.30. The van der Waals surface area contributed by atoms with Crippen LogP contribution in [0.25, 0.3) is 0 Å². The normalized spacial score (nSPS) is 11.3. The highest BCUT2D eigenvalue weighted by Gasteiger charge is 2.30. The third kappa shape index (κ3) is 4.47. The maximum absolute atomic E-state index is 12.6. The number of ether oxygens (including phenoxy) is 1. The third-order valence-electron chi connectivity index (χ3n) is 3.09. The monoisotopic (exact) mass is 320 g/mol. The second-order valence-electron chi connectivity index (χ2n) is 5.30. The molecule has 0 spiro atoms. The SMILES string of the molecule is CN(C)Cc1ccc(C#N)cc1Oc1ccc(C(F)(F)F)cc1. The van der Waals surface area contributed by atoms with Gasteiger partial charge >= 0.3 is 6.18 Å². The van der Waals surface area contributed by atoms with E-state index in [9.17, 15) is 13.2 Å². The maximum Gasteiger partial charge on any atom is 0.416 e. The van der Waals surface area contributed by atoms with Gasteiger partial charge in [0.05, 0.1) is 17.2 Å². The Bertz CT molecular complexity index is 716. The van der Waals surface area contributed by atoms with Crippen LogP contribution in [0, 0.1) is 11.3 Å². The van der Waals surface area contributed by atoms with Gasteiger partial charge in [-0.05, 0) is 50.5 Å². The van der Waals surface area contributed by atoms with Crippen molar-refractivity contribution < 1.29 is 17.9 Å². The fraction of sp³-hybridized carbons (Fsp3) is 0.235. The quantitative estimate of drug-likeness (QED) is 0.836. The van der Waals surface area contributed by atoms with E-state index in [0.29, 0.717) is 17.9 Å². The van der Waals surface area contributed by atoms with E-state index in [2.05, 4.69) is 0 Å². The molecule has 3 nitrogen and oxygen atoms in total. The lowest BCUT2D eigenvalue weighted by Gasteiger charge is -2.15. The van der Waals surface area contributed by atoms with E-state index in [4.69, 9.17) is 10.00 Å². The number of nitriles is 1. The number of rotatable bonds is 4. The Morgan fingerprint density at radius 2 is 1.74 bits per heavy atom. The van der Waals surface area contributed by atoms with E-state index in [0.717, 1.165) is 17.7 Å². The van der Waals surface area contributed by atoms with E-state index in [1.807, 2.05) is 25.1 Å². The Labute approximate surface area is 132 Å². The Balaban J connectivity index is 2.29. The summed E-state index contributed by atoms with van der Waals surface area (Å²) < 4.78 is 43.4. The summed E-state index contributed by atoms with van der Waals surface area (Å²) in [5.41, 5.74) is 0.535. The molecule has 0 N–H and O–H groups in total. The first kappa shape index (κ1) is 16.8. The van der Waals surface area contributed by atoms with Gasteiger partial charge in [-0.15, -0.1) is 0 Å². The number of hydrogen-bond acceptors (Lipinski definition) is 3. The third-order valence-corrected chi connectivity index (χ3v) is 3.09. The van der Waals surface area contributed by atoms with Gasteiger partial charge in [0.25, 0.3) is 0 Å². The Morgan fingerprint density at radius 1 is 1.09 bits per heavy atom. The number of halogens is 3. The van der Waals surface area contributed by atoms with Gasteiger partial charge in [-0.25, -0.2) is 0 Å². The predicted octanol–water partition coefficient (Wildman–Crippen LogP) is 4.43. The standard InChI is InChI=1S/C17H15F3N2O/c1-22(2)11-13-4-3-12(10-21)9-16(13)23-15-7-5-14(6-8-15)17(18,19)20/h3-9H,11H2,1-2H3. The smallest absolute Gasteiger partial charge is 0.416 e. The van der Waals surface area contributed by atoms with Crippen molar-refractivity contribution >= 4 is 0 Å². The molecule has 0 heterocycles. The molecule has 23 heavy (non-hydrogen) atoms. The molecule has 0 aliphatic carbocycles. The lowest BCUT2D eigenvalue weighted by Crippen LogP contribution is -2.11. The minimum Gasteiger partial charge on any atom is -0.457 e. The topological polar surface area (TPSA) is 36.3 Å². The molecule has 2 rings (SSSR count). The average Bonchev–Trinajstić information content (AvgIpc) is 2.48. The van der Waals surface area contributed by atoms with E-state index in [1.54, 1.807) is 18.2 Å². The highest BCUT2D eigenvalue weighted by atomic mass is 19.4. The zero-order chi connectivity index (χ0) is 17.0. The van der Waals surface area contributed by atoms with E-state index in [-0.39, 0.29) is 5.75 Å². The minimum absolute atomic E-state index is 0.285. The summed E-state index contributed by atoms with van der Waals surface area (Å²) in [5, 5.41) is 8.99. The van der Waals surface area contributed by atoms with Gasteiger partial charge in [-0.1, -0.05) is 6.07 Å². The van der Waals surface area contributed by atoms with E-state index in [1.165, 1.54) is 12.1 Å². The molecule has 0 fully saturated rings. The Hall–Kier alpha value is -2.52. The summed E-state index contributed by atoms with van der Waals surface area (Å²) in [4.78, 5) is 1.93. The van der Waals surface area contributed by atoms with E-state index < -0.39 is 11.7 Å². The molecular weight excluding hydrogens is 305 g/mol. The van der Waals surface area contributed by atoms with Crippen molar-refractivity contribution in [2.24, 2.45) is 0 Å². The van der Waals surface area contributed by atoms with Gasteiger partial charge in [-0.3, -0.25) is 0 Å². The molecule has 0 aromatic heterocycles. The lowest BCUT2D eigenvalue weighted by atomic mass is 10.1. The van der Waals surface area contributed by atoms with Gasteiger partial charge in [0.1, 0.15) is 11.5 Å². The fourth-order valence-corrected chi connectivity index (χ4v) is 2.03. The zero-order valence-corrected chi connectivity index (χ0v) is 12.7. The molecule has 0 saturated heterocycles. The molecule has 0 radical (unpaired) electrons. The number of hydrogen-bond donors (Lipinski definition) is 0. The van der Waals surface area contributed by atoms with Crippen LogP contribution in [0.1, 0.15) is 16.7 Å². The van der Waals surface area contributed by atoms with Crippen LogP contribution in [0.4, 0.5) is 13.2 Å². The van der Waals surface area contributed by atoms with Crippen molar-refractivity contribution in [1.82, 2.24) is 4.90 Å². The molecule has 0 amide bonds. The first-order chi connectivity index (χ1) is 10.8. The van der Waals surface area contributed by atoms with Crippen molar-refractivity contribution in [3.8, 4) is 17.6 Å². The van der Waals surface area contributed by atoms with Crippen LogP contribution in [0.5, 0.6) is 11.5 Å². The summed E-state index contributed by atoms with van der Waals surface area (Å²) in [5.74, 6) is 0.741. The summed E-state index contributed by atoms with van der Waals surface area (Å²) in [6.07, 6.45) is -4.38. The van der Waals surface area contributed by atoms with Crippen LogP contribution in [-0.4, -0.2) is 19.0 Å². The van der Waals surface area contributed by atoms with Gasteiger partial charge < -0.3 is 9.64 Å². The van der Waals surface area contributed by atoms with Crippen LogP contribution in [0.3, 0.4) is 0 Å². The fourth-order valence-electron chi connectivity index (χ4n) is 2.03. The number of nitrogens with zero attached hydrogens (tertiary/aromatic N) is 2. The molecule has 0 saturated carbocycles. The number of benzene rings is 2. The van der Waals surface area contributed by atoms with Crippen molar-refractivity contribution in [1.29, 1.82) is 5.26 Å². The molecule has 0 aliphatic heterocycles. The first-order valence-corrected chi connectivity index (χ1v) is 6.82. The van der Waals surface area contributed by atoms with Crippen molar-refractivity contribution in [3.63, 3.8) is 0 Å². The highest BCUT2D eigenvalue weighted by Crippen LogP contribution is 2.32. The predicted molar refractivity (Wildman–Crippen MR) is 80.1 cm³/mol. The lowest BCUT2D eigenvalue weighted by molar-refractivity contribution is -0.137. The Morgan fingerprint density at radius 3 is 2.26 bits per heavy atom. The summed E-state index contributed by atoms with van der Waals surface area (Å²) in [6.45, 7) is 0.585. The highest BCUT2D eigenvalue weighted by molar-refractivity contribution is 5.45. The van der Waals surface area contributed by atoms with Crippen LogP contribution >= 0.6 is 0 Å².